The van der Waals surface area contributed by atoms with Crippen LogP contribution in [0, 0.1) is 0 Å². The van der Waals surface area contributed by atoms with Crippen molar-refractivity contribution >= 4 is 0 Å². The summed E-state index contributed by atoms with van der Waals surface area (Å²) in [6.07, 6.45) is 8.98. The summed E-state index contributed by atoms with van der Waals surface area (Å²) < 4.78 is 0. The molecular weight excluding hydrogens is 218 g/mol. The van der Waals surface area contributed by atoms with E-state index < -0.39 is 0 Å². The molecule has 0 spiro atoms. The van der Waals surface area contributed by atoms with Crippen molar-refractivity contribution in [2.24, 2.45) is 0 Å². The van der Waals surface area contributed by atoms with Gasteiger partial charge in [-0.25, -0.2) is 0 Å². The summed E-state index contributed by atoms with van der Waals surface area (Å²) in [5, 5.41) is 3.81. The Morgan fingerprint density at radius 1 is 1.06 bits per heavy atom. The number of rotatable bonds is 4. The van der Waals surface area contributed by atoms with Crippen LogP contribution in [0.2, 0.25) is 0 Å². The fourth-order valence-electron chi connectivity index (χ4n) is 3.18. The number of nitrogens with one attached hydrogen (secondary N) is 1. The molecule has 1 aliphatic heterocycles. The Balaban J connectivity index is 2.20. The first-order valence-electron chi connectivity index (χ1n) is 7.65. The van der Waals surface area contributed by atoms with E-state index >= 15 is 0 Å². The van der Waals surface area contributed by atoms with Crippen LogP contribution < -0.4 is 5.32 Å². The monoisotopic (exact) mass is 245 g/mol. The second-order valence-electron chi connectivity index (χ2n) is 5.62. The molecule has 2 rings (SSSR count). The molecule has 100 valence electrons. The van der Waals surface area contributed by atoms with Crippen molar-refractivity contribution in [1.82, 2.24) is 5.32 Å². The Hall–Kier alpha value is -0.820. The van der Waals surface area contributed by atoms with Gasteiger partial charge in [-0.05, 0) is 43.4 Å². The van der Waals surface area contributed by atoms with Gasteiger partial charge < -0.3 is 5.32 Å². The third-order valence-corrected chi connectivity index (χ3v) is 4.39. The molecule has 0 radical (unpaired) electrons. The van der Waals surface area contributed by atoms with E-state index in [4.69, 9.17) is 0 Å². The van der Waals surface area contributed by atoms with Crippen LogP contribution in [0.15, 0.2) is 24.3 Å². The molecule has 1 unspecified atom stereocenters. The van der Waals surface area contributed by atoms with Crippen LogP contribution in [0.1, 0.15) is 63.5 Å². The molecule has 1 aromatic carbocycles. The zero-order valence-electron chi connectivity index (χ0n) is 12.0. The maximum Gasteiger partial charge on any atom is 0.0432 e. The molecule has 1 heterocycles. The zero-order chi connectivity index (χ0) is 12.8. The third kappa shape index (κ3) is 2.95. The summed E-state index contributed by atoms with van der Waals surface area (Å²) >= 11 is 0. The fourth-order valence-corrected chi connectivity index (χ4v) is 3.18. The van der Waals surface area contributed by atoms with Crippen molar-refractivity contribution in [2.75, 3.05) is 6.54 Å². The fraction of sp³-hybridized carbons (Fsp3) is 0.647. The average Bonchev–Trinajstić information content (AvgIpc) is 2.66. The molecule has 1 fully saturated rings. The van der Waals surface area contributed by atoms with Gasteiger partial charge in [0.1, 0.15) is 0 Å². The van der Waals surface area contributed by atoms with Crippen LogP contribution in [0.5, 0.6) is 0 Å². The Morgan fingerprint density at radius 3 is 2.50 bits per heavy atom. The molecule has 1 heteroatoms. The molecule has 0 saturated carbocycles. The molecule has 0 aliphatic carbocycles. The average molecular weight is 245 g/mol. The van der Waals surface area contributed by atoms with Gasteiger partial charge in [0.05, 0.1) is 0 Å². The van der Waals surface area contributed by atoms with E-state index in [1.807, 2.05) is 0 Å². The SMILES string of the molecule is CCCc1ccc(C2(CC)CCCCCN2)cc1. The summed E-state index contributed by atoms with van der Waals surface area (Å²) in [7, 11) is 0. The second-order valence-corrected chi connectivity index (χ2v) is 5.62. The standard InChI is InChI=1S/C17H27N/c1-3-8-15-9-11-16(12-10-15)17(4-2)13-6-5-7-14-18-17/h9-12,18H,3-8,13-14H2,1-2H3. The van der Waals surface area contributed by atoms with E-state index in [0.29, 0.717) is 0 Å². The Bertz CT molecular complexity index is 344. The third-order valence-electron chi connectivity index (χ3n) is 4.39. The Labute approximate surface area is 112 Å². The van der Waals surface area contributed by atoms with Crippen LogP contribution in [-0.4, -0.2) is 6.54 Å². The topological polar surface area (TPSA) is 12.0 Å². The smallest absolute Gasteiger partial charge is 0.0432 e. The van der Waals surface area contributed by atoms with Gasteiger partial charge in [0, 0.05) is 5.54 Å². The van der Waals surface area contributed by atoms with Gasteiger partial charge in [-0.1, -0.05) is 57.4 Å². The van der Waals surface area contributed by atoms with E-state index in [0.717, 1.165) is 0 Å². The van der Waals surface area contributed by atoms with Crippen molar-refractivity contribution in [3.8, 4) is 0 Å². The van der Waals surface area contributed by atoms with Crippen LogP contribution in [0.3, 0.4) is 0 Å². The first kappa shape index (κ1) is 13.6. The largest absolute Gasteiger partial charge is 0.307 e. The van der Waals surface area contributed by atoms with Crippen molar-refractivity contribution in [2.45, 2.75) is 64.3 Å². The van der Waals surface area contributed by atoms with Crippen LogP contribution in [-0.2, 0) is 12.0 Å². The second kappa shape index (κ2) is 6.38. The minimum absolute atomic E-state index is 0.237. The van der Waals surface area contributed by atoms with Gasteiger partial charge in [0.2, 0.25) is 0 Å². The molecule has 1 aromatic rings. The molecule has 1 N–H and O–H groups in total. The highest BCUT2D eigenvalue weighted by molar-refractivity contribution is 5.29. The van der Waals surface area contributed by atoms with Crippen molar-refractivity contribution in [3.63, 3.8) is 0 Å². The minimum Gasteiger partial charge on any atom is -0.307 e. The molecule has 1 nitrogen and oxygen atoms in total. The van der Waals surface area contributed by atoms with Crippen LogP contribution in [0.4, 0.5) is 0 Å². The Kier molecular flexibility index (Phi) is 4.82. The van der Waals surface area contributed by atoms with Crippen LogP contribution >= 0.6 is 0 Å². The van der Waals surface area contributed by atoms with E-state index in [-0.39, 0.29) is 5.54 Å². The van der Waals surface area contributed by atoms with E-state index in [1.165, 1.54) is 62.6 Å². The molecule has 1 atom stereocenters. The lowest BCUT2D eigenvalue weighted by Gasteiger charge is -2.33. The summed E-state index contributed by atoms with van der Waals surface area (Å²) in [5.41, 5.74) is 3.20. The number of aryl methyl sites for hydroxylation is 1. The maximum absolute atomic E-state index is 3.81. The predicted octanol–water partition coefficient (Wildman–Crippen LogP) is 4.41. The molecule has 0 bridgehead atoms. The highest BCUT2D eigenvalue weighted by atomic mass is 15.0. The summed E-state index contributed by atoms with van der Waals surface area (Å²) in [4.78, 5) is 0. The van der Waals surface area contributed by atoms with Gasteiger partial charge in [-0.15, -0.1) is 0 Å². The summed E-state index contributed by atoms with van der Waals surface area (Å²) in [5.74, 6) is 0. The maximum atomic E-state index is 3.81. The normalized spacial score (nSPS) is 24.8. The molecule has 1 aliphatic rings. The highest BCUT2D eigenvalue weighted by Crippen LogP contribution is 2.33. The zero-order valence-corrected chi connectivity index (χ0v) is 12.0. The van der Waals surface area contributed by atoms with Gasteiger partial charge in [0.15, 0.2) is 0 Å². The van der Waals surface area contributed by atoms with E-state index in [1.54, 1.807) is 0 Å². The van der Waals surface area contributed by atoms with Crippen LogP contribution in [0.25, 0.3) is 0 Å². The lowest BCUT2D eigenvalue weighted by molar-refractivity contribution is 0.312. The van der Waals surface area contributed by atoms with E-state index in [9.17, 15) is 0 Å². The number of hydrogen-bond acceptors (Lipinski definition) is 1. The van der Waals surface area contributed by atoms with Gasteiger partial charge in [-0.3, -0.25) is 0 Å². The molecule has 0 amide bonds. The number of benzene rings is 1. The van der Waals surface area contributed by atoms with Crippen molar-refractivity contribution < 1.29 is 0 Å². The lowest BCUT2D eigenvalue weighted by Crippen LogP contribution is -2.41. The minimum atomic E-state index is 0.237. The summed E-state index contributed by atoms with van der Waals surface area (Å²) in [6, 6.07) is 9.35. The highest BCUT2D eigenvalue weighted by Gasteiger charge is 2.30. The molecule has 0 aromatic heterocycles. The number of hydrogen-bond donors (Lipinski definition) is 1. The lowest BCUT2D eigenvalue weighted by atomic mass is 9.83. The summed E-state index contributed by atoms with van der Waals surface area (Å²) in [6.45, 7) is 5.73. The first-order valence-corrected chi connectivity index (χ1v) is 7.65. The van der Waals surface area contributed by atoms with Crippen molar-refractivity contribution in [1.29, 1.82) is 0 Å². The predicted molar refractivity (Wildman–Crippen MR) is 78.9 cm³/mol. The van der Waals surface area contributed by atoms with Gasteiger partial charge in [-0.2, -0.15) is 0 Å². The molecule has 1 saturated heterocycles. The van der Waals surface area contributed by atoms with Crippen molar-refractivity contribution in [3.05, 3.63) is 35.4 Å². The molecule has 18 heavy (non-hydrogen) atoms. The molecular formula is C17H27N. The first-order chi connectivity index (χ1) is 8.80. The van der Waals surface area contributed by atoms with E-state index in [2.05, 4.69) is 43.4 Å². The Morgan fingerprint density at radius 2 is 1.83 bits per heavy atom. The van der Waals surface area contributed by atoms with Gasteiger partial charge >= 0.3 is 0 Å². The quantitative estimate of drug-likeness (QED) is 0.828. The van der Waals surface area contributed by atoms with Gasteiger partial charge in [0.25, 0.3) is 0 Å².